The number of hydrogen-bond donors (Lipinski definition) is 0. The predicted octanol–water partition coefficient (Wildman–Crippen LogP) is 2.92. The lowest BCUT2D eigenvalue weighted by molar-refractivity contribution is 0.0265. The third-order valence-corrected chi connectivity index (χ3v) is 2.10. The van der Waals surface area contributed by atoms with Crippen molar-refractivity contribution in [3.63, 3.8) is 0 Å². The average Bonchev–Trinajstić information content (AvgIpc) is 2.01. The van der Waals surface area contributed by atoms with Gasteiger partial charge in [-0.05, 0) is 40.5 Å². The first-order chi connectivity index (χ1) is 6.40. The van der Waals surface area contributed by atoms with Crippen molar-refractivity contribution in [3.05, 3.63) is 12.3 Å². The molecule has 1 amide bonds. The van der Waals surface area contributed by atoms with Gasteiger partial charge in [0.15, 0.2) is 0 Å². The Morgan fingerprint density at radius 3 is 2.64 bits per heavy atom. The van der Waals surface area contributed by atoms with Crippen molar-refractivity contribution in [1.29, 1.82) is 0 Å². The summed E-state index contributed by atoms with van der Waals surface area (Å²) in [6.45, 7) is 7.67. The van der Waals surface area contributed by atoms with Crippen molar-refractivity contribution >= 4 is 6.09 Å². The quantitative estimate of drug-likeness (QED) is 0.597. The molecule has 1 atom stereocenters. The monoisotopic (exact) mass is 197 g/mol. The molecule has 0 spiro atoms. The first-order valence-corrected chi connectivity index (χ1v) is 5.08. The lowest BCUT2D eigenvalue weighted by atomic mass is 10.1. The van der Waals surface area contributed by atoms with Crippen LogP contribution in [0.5, 0.6) is 0 Å². The molecule has 3 heteroatoms. The van der Waals surface area contributed by atoms with Crippen LogP contribution in [0.4, 0.5) is 4.79 Å². The van der Waals surface area contributed by atoms with E-state index in [2.05, 4.69) is 0 Å². The van der Waals surface area contributed by atoms with Crippen LogP contribution in [0.25, 0.3) is 0 Å². The summed E-state index contributed by atoms with van der Waals surface area (Å²) in [5, 5.41) is 0. The molecule has 0 N–H and O–H groups in total. The fourth-order valence-corrected chi connectivity index (χ4v) is 1.37. The number of carbonyl (C=O) groups excluding carboxylic acids is 1. The molecule has 1 aliphatic rings. The Kier molecular flexibility index (Phi) is 3.19. The van der Waals surface area contributed by atoms with Crippen molar-refractivity contribution in [1.82, 2.24) is 4.90 Å². The number of carbonyl (C=O) groups is 1. The van der Waals surface area contributed by atoms with Crippen LogP contribution in [0, 0.1) is 0 Å². The molecule has 0 aliphatic carbocycles. The summed E-state index contributed by atoms with van der Waals surface area (Å²) < 4.78 is 5.28. The number of ether oxygens (including phenoxy) is 1. The van der Waals surface area contributed by atoms with Crippen LogP contribution >= 0.6 is 0 Å². The largest absolute Gasteiger partial charge is 0.443 e. The molecule has 14 heavy (non-hydrogen) atoms. The Morgan fingerprint density at radius 1 is 1.50 bits per heavy atom. The third-order valence-electron chi connectivity index (χ3n) is 2.10. The van der Waals surface area contributed by atoms with Gasteiger partial charge in [-0.25, -0.2) is 4.79 Å². The summed E-state index contributed by atoms with van der Waals surface area (Å²) in [6, 6.07) is 0.245. The van der Waals surface area contributed by atoms with Gasteiger partial charge in [-0.2, -0.15) is 0 Å². The molecule has 0 radical (unpaired) electrons. The van der Waals surface area contributed by atoms with Crippen LogP contribution in [0.2, 0.25) is 0 Å². The van der Waals surface area contributed by atoms with Crippen molar-refractivity contribution in [2.45, 2.75) is 52.2 Å². The highest BCUT2D eigenvalue weighted by molar-refractivity contribution is 5.70. The molecule has 0 bridgehead atoms. The van der Waals surface area contributed by atoms with Crippen molar-refractivity contribution in [2.24, 2.45) is 0 Å². The Labute approximate surface area is 85.7 Å². The third kappa shape index (κ3) is 3.05. The van der Waals surface area contributed by atoms with E-state index in [1.54, 1.807) is 4.90 Å². The van der Waals surface area contributed by atoms with Gasteiger partial charge in [-0.15, -0.1) is 0 Å². The summed E-state index contributed by atoms with van der Waals surface area (Å²) in [5.41, 5.74) is -0.415. The standard InChI is InChI=1S/C11H19NO2/c1-9-7-5-6-8-12(9)10(13)14-11(2,3)4/h6,8-9H,5,7H2,1-4H3/t9-/m0/s1. The van der Waals surface area contributed by atoms with Crippen molar-refractivity contribution in [3.8, 4) is 0 Å². The van der Waals surface area contributed by atoms with E-state index in [4.69, 9.17) is 4.74 Å². The van der Waals surface area contributed by atoms with Crippen LogP contribution in [0.1, 0.15) is 40.5 Å². The minimum atomic E-state index is -0.415. The van der Waals surface area contributed by atoms with E-state index in [1.807, 2.05) is 40.0 Å². The molecular weight excluding hydrogens is 178 g/mol. The van der Waals surface area contributed by atoms with E-state index in [-0.39, 0.29) is 12.1 Å². The second-order valence-corrected chi connectivity index (χ2v) is 4.70. The van der Waals surface area contributed by atoms with Gasteiger partial charge < -0.3 is 4.74 Å². The highest BCUT2D eigenvalue weighted by Gasteiger charge is 2.25. The Morgan fingerprint density at radius 2 is 2.14 bits per heavy atom. The van der Waals surface area contributed by atoms with E-state index in [9.17, 15) is 4.79 Å². The highest BCUT2D eigenvalue weighted by Crippen LogP contribution is 2.18. The van der Waals surface area contributed by atoms with E-state index >= 15 is 0 Å². The minimum absolute atomic E-state index is 0.245. The maximum atomic E-state index is 11.7. The summed E-state index contributed by atoms with van der Waals surface area (Å²) in [6.07, 6.45) is 5.63. The van der Waals surface area contributed by atoms with Crippen LogP contribution in [0.15, 0.2) is 12.3 Å². The molecule has 0 aromatic carbocycles. The lowest BCUT2D eigenvalue weighted by Gasteiger charge is -2.31. The smallest absolute Gasteiger partial charge is 0.414 e. The zero-order chi connectivity index (χ0) is 10.8. The normalized spacial score (nSPS) is 22.3. The summed E-state index contributed by atoms with van der Waals surface area (Å²) >= 11 is 0. The maximum absolute atomic E-state index is 11.7. The van der Waals surface area contributed by atoms with Crippen LogP contribution in [0.3, 0.4) is 0 Å². The Hall–Kier alpha value is -0.990. The lowest BCUT2D eigenvalue weighted by Crippen LogP contribution is -2.39. The molecule has 0 saturated carbocycles. The molecule has 0 unspecified atom stereocenters. The molecular formula is C11H19NO2. The minimum Gasteiger partial charge on any atom is -0.443 e. The van der Waals surface area contributed by atoms with Crippen LogP contribution in [-0.4, -0.2) is 22.6 Å². The van der Waals surface area contributed by atoms with Gasteiger partial charge in [0.25, 0.3) is 0 Å². The SMILES string of the molecule is C[C@H]1CCC=CN1C(=O)OC(C)(C)C. The molecule has 0 fully saturated rings. The summed E-state index contributed by atoms with van der Waals surface area (Å²) in [7, 11) is 0. The number of allylic oxidation sites excluding steroid dienone is 1. The van der Waals surface area contributed by atoms with Gasteiger partial charge in [0, 0.05) is 12.2 Å². The summed E-state index contributed by atoms with van der Waals surface area (Å²) in [5.74, 6) is 0. The van der Waals surface area contributed by atoms with E-state index in [0.717, 1.165) is 12.8 Å². The van der Waals surface area contributed by atoms with Gasteiger partial charge in [-0.1, -0.05) is 6.08 Å². The van der Waals surface area contributed by atoms with Gasteiger partial charge in [-0.3, -0.25) is 4.90 Å². The highest BCUT2D eigenvalue weighted by atomic mass is 16.6. The first kappa shape index (κ1) is 11.1. The zero-order valence-corrected chi connectivity index (χ0v) is 9.41. The predicted molar refractivity (Wildman–Crippen MR) is 55.9 cm³/mol. The molecule has 1 heterocycles. The molecule has 1 aliphatic heterocycles. The van der Waals surface area contributed by atoms with Crippen LogP contribution < -0.4 is 0 Å². The molecule has 80 valence electrons. The number of nitrogens with zero attached hydrogens (tertiary/aromatic N) is 1. The van der Waals surface area contributed by atoms with E-state index in [1.165, 1.54) is 0 Å². The number of amides is 1. The van der Waals surface area contributed by atoms with Gasteiger partial charge in [0.2, 0.25) is 0 Å². The topological polar surface area (TPSA) is 29.5 Å². The van der Waals surface area contributed by atoms with Gasteiger partial charge in [0.1, 0.15) is 5.60 Å². The first-order valence-electron chi connectivity index (χ1n) is 5.08. The fourth-order valence-electron chi connectivity index (χ4n) is 1.37. The van der Waals surface area contributed by atoms with E-state index in [0.29, 0.717) is 0 Å². The second-order valence-electron chi connectivity index (χ2n) is 4.70. The molecule has 0 saturated heterocycles. The van der Waals surface area contributed by atoms with Crippen molar-refractivity contribution < 1.29 is 9.53 Å². The Balaban J connectivity index is 2.60. The molecule has 1 rings (SSSR count). The van der Waals surface area contributed by atoms with E-state index < -0.39 is 5.60 Å². The Bertz CT molecular complexity index is 240. The van der Waals surface area contributed by atoms with Gasteiger partial charge in [0.05, 0.1) is 0 Å². The zero-order valence-electron chi connectivity index (χ0n) is 9.41. The number of hydrogen-bond acceptors (Lipinski definition) is 2. The summed E-state index contributed by atoms with van der Waals surface area (Å²) in [4.78, 5) is 13.3. The van der Waals surface area contributed by atoms with Gasteiger partial charge >= 0.3 is 6.09 Å². The van der Waals surface area contributed by atoms with Crippen LogP contribution in [-0.2, 0) is 4.74 Å². The average molecular weight is 197 g/mol. The maximum Gasteiger partial charge on any atom is 0.414 e. The fraction of sp³-hybridized carbons (Fsp3) is 0.727. The molecule has 0 aromatic heterocycles. The second kappa shape index (κ2) is 4.03. The number of rotatable bonds is 0. The van der Waals surface area contributed by atoms with Crippen molar-refractivity contribution in [2.75, 3.05) is 0 Å². The molecule has 0 aromatic rings. The molecule has 3 nitrogen and oxygen atoms in total.